The lowest BCUT2D eigenvalue weighted by Gasteiger charge is -2.06. The molecule has 0 amide bonds. The molecule has 2 nitrogen and oxygen atoms in total. The van der Waals surface area contributed by atoms with Crippen LogP contribution in [0.1, 0.15) is 23.1 Å². The standard InChI is InChI=1S/C14H11Cl2NOS/c1-9(18)13-7-2-4-10(17-13)8-19-14-11(15)5-3-6-12(14)16/h2-7H,8H2,1H3. The van der Waals surface area contributed by atoms with Crippen molar-refractivity contribution in [1.82, 2.24) is 4.98 Å². The van der Waals surface area contributed by atoms with Crippen molar-refractivity contribution in [1.29, 1.82) is 0 Å². The first kappa shape index (κ1) is 14.4. The number of rotatable bonds is 4. The Bertz CT molecular complexity index is 596. The summed E-state index contributed by atoms with van der Waals surface area (Å²) in [5, 5.41) is 1.25. The summed E-state index contributed by atoms with van der Waals surface area (Å²) in [6, 6.07) is 10.8. The number of Topliss-reactive ketones (excluding diaryl/α,β-unsaturated/α-hetero) is 1. The minimum atomic E-state index is -0.0392. The van der Waals surface area contributed by atoms with Gasteiger partial charge in [0.1, 0.15) is 5.69 Å². The zero-order valence-electron chi connectivity index (χ0n) is 10.2. The van der Waals surface area contributed by atoms with Crippen LogP contribution in [0.3, 0.4) is 0 Å². The van der Waals surface area contributed by atoms with Crippen LogP contribution >= 0.6 is 35.0 Å². The molecule has 98 valence electrons. The summed E-state index contributed by atoms with van der Waals surface area (Å²) in [6.45, 7) is 1.50. The predicted octanol–water partition coefficient (Wildman–Crippen LogP) is 4.88. The van der Waals surface area contributed by atoms with Gasteiger partial charge < -0.3 is 0 Å². The van der Waals surface area contributed by atoms with Crippen molar-refractivity contribution in [2.45, 2.75) is 17.6 Å². The molecule has 2 aromatic rings. The first-order chi connectivity index (χ1) is 9.08. The van der Waals surface area contributed by atoms with Crippen LogP contribution in [-0.2, 0) is 5.75 Å². The first-order valence-corrected chi connectivity index (χ1v) is 7.36. The maximum Gasteiger partial charge on any atom is 0.178 e. The van der Waals surface area contributed by atoms with Crippen LogP contribution in [0.2, 0.25) is 10.0 Å². The molecule has 1 aromatic heterocycles. The summed E-state index contributed by atoms with van der Waals surface area (Å²) in [5.41, 5.74) is 1.30. The van der Waals surface area contributed by atoms with Gasteiger partial charge in [-0.3, -0.25) is 4.79 Å². The van der Waals surface area contributed by atoms with Crippen molar-refractivity contribution >= 4 is 40.7 Å². The van der Waals surface area contributed by atoms with E-state index in [1.165, 1.54) is 18.7 Å². The van der Waals surface area contributed by atoms with E-state index in [-0.39, 0.29) is 5.78 Å². The van der Waals surface area contributed by atoms with Gasteiger partial charge >= 0.3 is 0 Å². The van der Waals surface area contributed by atoms with Gasteiger partial charge in [-0.2, -0.15) is 0 Å². The number of pyridine rings is 1. The van der Waals surface area contributed by atoms with Crippen molar-refractivity contribution < 1.29 is 4.79 Å². The quantitative estimate of drug-likeness (QED) is 0.595. The van der Waals surface area contributed by atoms with Crippen molar-refractivity contribution in [2.24, 2.45) is 0 Å². The summed E-state index contributed by atoms with van der Waals surface area (Å²) in [5.74, 6) is 0.576. The third-order valence-corrected chi connectivity index (χ3v) is 4.47. The molecule has 0 saturated carbocycles. The van der Waals surface area contributed by atoms with Crippen molar-refractivity contribution in [3.05, 3.63) is 57.8 Å². The Hall–Kier alpha value is -1.03. The SMILES string of the molecule is CC(=O)c1cccc(CSc2c(Cl)cccc2Cl)n1. The van der Waals surface area contributed by atoms with E-state index in [1.54, 1.807) is 18.2 Å². The molecule has 0 aliphatic carbocycles. The predicted molar refractivity (Wildman–Crippen MR) is 80.3 cm³/mol. The molecule has 0 aliphatic rings. The largest absolute Gasteiger partial charge is 0.293 e. The normalized spacial score (nSPS) is 10.5. The number of nitrogens with zero attached hydrogens (tertiary/aromatic N) is 1. The molecular weight excluding hydrogens is 301 g/mol. The van der Waals surface area contributed by atoms with Gasteiger partial charge in [0.2, 0.25) is 0 Å². The number of carbonyl (C=O) groups is 1. The van der Waals surface area contributed by atoms with Crippen molar-refractivity contribution in [3.8, 4) is 0 Å². The van der Waals surface area contributed by atoms with E-state index >= 15 is 0 Å². The van der Waals surface area contributed by atoms with Gasteiger partial charge in [-0.25, -0.2) is 4.98 Å². The first-order valence-electron chi connectivity index (χ1n) is 5.61. The Morgan fingerprint density at radius 3 is 2.42 bits per heavy atom. The van der Waals surface area contributed by atoms with E-state index in [9.17, 15) is 4.79 Å². The summed E-state index contributed by atoms with van der Waals surface area (Å²) in [4.78, 5) is 16.4. The van der Waals surface area contributed by atoms with Crippen LogP contribution < -0.4 is 0 Å². The number of hydrogen-bond donors (Lipinski definition) is 0. The Morgan fingerprint density at radius 1 is 1.16 bits per heavy atom. The van der Waals surface area contributed by atoms with Crippen LogP contribution in [-0.4, -0.2) is 10.8 Å². The van der Waals surface area contributed by atoms with Crippen molar-refractivity contribution in [3.63, 3.8) is 0 Å². The number of benzene rings is 1. The van der Waals surface area contributed by atoms with Gasteiger partial charge in [-0.15, -0.1) is 11.8 Å². The molecule has 5 heteroatoms. The third kappa shape index (κ3) is 3.72. The number of aromatic nitrogens is 1. The van der Waals surface area contributed by atoms with E-state index < -0.39 is 0 Å². The van der Waals surface area contributed by atoms with Gasteiger partial charge in [0.05, 0.1) is 15.7 Å². The van der Waals surface area contributed by atoms with Crippen LogP contribution in [0.5, 0.6) is 0 Å². The van der Waals surface area contributed by atoms with Gasteiger partial charge in [-0.1, -0.05) is 35.3 Å². The van der Waals surface area contributed by atoms with Gasteiger partial charge in [0.15, 0.2) is 5.78 Å². The molecule has 0 radical (unpaired) electrons. The molecule has 0 bridgehead atoms. The van der Waals surface area contributed by atoms with Crippen molar-refractivity contribution in [2.75, 3.05) is 0 Å². The topological polar surface area (TPSA) is 30.0 Å². The number of halogens is 2. The molecule has 0 atom stereocenters. The molecule has 2 rings (SSSR count). The summed E-state index contributed by atoms with van der Waals surface area (Å²) in [7, 11) is 0. The molecule has 0 spiro atoms. The molecule has 0 fully saturated rings. The van der Waals surface area contributed by atoms with E-state index in [4.69, 9.17) is 23.2 Å². The maximum absolute atomic E-state index is 11.3. The summed E-state index contributed by atoms with van der Waals surface area (Å²) in [6.07, 6.45) is 0. The Kier molecular flexibility index (Phi) is 4.86. The fourth-order valence-corrected chi connectivity index (χ4v) is 3.11. The maximum atomic E-state index is 11.3. The third-order valence-electron chi connectivity index (χ3n) is 2.45. The fraction of sp³-hybridized carbons (Fsp3) is 0.143. The molecule has 0 aliphatic heterocycles. The van der Waals surface area contributed by atoms with E-state index in [1.807, 2.05) is 18.2 Å². The summed E-state index contributed by atoms with van der Waals surface area (Å²) < 4.78 is 0. The van der Waals surface area contributed by atoms with Crippen LogP contribution in [0.25, 0.3) is 0 Å². The number of carbonyl (C=O) groups excluding carboxylic acids is 1. The second kappa shape index (κ2) is 6.42. The highest BCUT2D eigenvalue weighted by Crippen LogP contribution is 2.35. The van der Waals surface area contributed by atoms with E-state index in [2.05, 4.69) is 4.98 Å². The molecule has 19 heavy (non-hydrogen) atoms. The average molecular weight is 312 g/mol. The zero-order chi connectivity index (χ0) is 13.8. The van der Waals surface area contributed by atoms with E-state index in [0.717, 1.165) is 10.6 Å². The van der Waals surface area contributed by atoms with E-state index in [0.29, 0.717) is 21.5 Å². The molecule has 1 aromatic carbocycles. The lowest BCUT2D eigenvalue weighted by atomic mass is 10.2. The Balaban J connectivity index is 2.15. The Labute approximate surface area is 126 Å². The minimum Gasteiger partial charge on any atom is -0.293 e. The number of hydrogen-bond acceptors (Lipinski definition) is 3. The Morgan fingerprint density at radius 2 is 1.79 bits per heavy atom. The molecular formula is C14H11Cl2NOS. The molecule has 1 heterocycles. The minimum absolute atomic E-state index is 0.0392. The highest BCUT2D eigenvalue weighted by atomic mass is 35.5. The highest BCUT2D eigenvalue weighted by Gasteiger charge is 2.08. The average Bonchev–Trinajstić information content (AvgIpc) is 2.38. The van der Waals surface area contributed by atoms with Gasteiger partial charge in [0, 0.05) is 17.6 Å². The van der Waals surface area contributed by atoms with Gasteiger partial charge in [0.25, 0.3) is 0 Å². The molecule has 0 unspecified atom stereocenters. The van der Waals surface area contributed by atoms with Gasteiger partial charge in [-0.05, 0) is 24.3 Å². The fourth-order valence-electron chi connectivity index (χ4n) is 1.52. The summed E-state index contributed by atoms with van der Waals surface area (Å²) >= 11 is 13.7. The molecule has 0 saturated heterocycles. The second-order valence-electron chi connectivity index (χ2n) is 3.91. The lowest BCUT2D eigenvalue weighted by molar-refractivity contribution is 0.101. The molecule has 0 N–H and O–H groups in total. The van der Waals surface area contributed by atoms with Crippen LogP contribution in [0.15, 0.2) is 41.3 Å². The smallest absolute Gasteiger partial charge is 0.178 e. The monoisotopic (exact) mass is 311 g/mol. The van der Waals surface area contributed by atoms with Crippen LogP contribution in [0.4, 0.5) is 0 Å². The number of thioether (sulfide) groups is 1. The van der Waals surface area contributed by atoms with Crippen LogP contribution in [0, 0.1) is 0 Å². The number of ketones is 1. The zero-order valence-corrected chi connectivity index (χ0v) is 12.5. The second-order valence-corrected chi connectivity index (χ2v) is 5.71. The lowest BCUT2D eigenvalue weighted by Crippen LogP contribution is -1.98. The highest BCUT2D eigenvalue weighted by molar-refractivity contribution is 7.98.